The standard InChI is InChI=1S/C9H6O2/c1-2-8-5-3-4-6-9(8)11-7-10/h1,3-7H. The predicted octanol–water partition coefficient (Wildman–Crippen LogP) is 1.20. The summed E-state index contributed by atoms with van der Waals surface area (Å²) < 4.78 is 4.60. The summed E-state index contributed by atoms with van der Waals surface area (Å²) in [6.45, 7) is 0.357. The Hall–Kier alpha value is -1.75. The zero-order chi connectivity index (χ0) is 8.10. The van der Waals surface area contributed by atoms with Gasteiger partial charge in [0.1, 0.15) is 5.75 Å². The molecule has 0 aliphatic carbocycles. The van der Waals surface area contributed by atoms with Crippen LogP contribution in [0.2, 0.25) is 0 Å². The number of para-hydroxylation sites is 1. The van der Waals surface area contributed by atoms with Crippen LogP contribution >= 0.6 is 0 Å². The SMILES string of the molecule is C#Cc1ccccc1OC=O. The van der Waals surface area contributed by atoms with Gasteiger partial charge >= 0.3 is 0 Å². The van der Waals surface area contributed by atoms with Crippen molar-refractivity contribution in [2.75, 3.05) is 0 Å². The molecule has 0 spiro atoms. The smallest absolute Gasteiger partial charge is 0.298 e. The largest absolute Gasteiger partial charge is 0.427 e. The van der Waals surface area contributed by atoms with Gasteiger partial charge in [-0.05, 0) is 12.1 Å². The number of hydrogen-bond acceptors (Lipinski definition) is 2. The minimum atomic E-state index is 0.357. The second-order valence-corrected chi connectivity index (χ2v) is 1.85. The van der Waals surface area contributed by atoms with Crippen molar-refractivity contribution < 1.29 is 9.53 Å². The van der Waals surface area contributed by atoms with Crippen LogP contribution in [0.5, 0.6) is 5.75 Å². The molecule has 0 unspecified atom stereocenters. The van der Waals surface area contributed by atoms with Gasteiger partial charge in [0, 0.05) is 0 Å². The van der Waals surface area contributed by atoms with Crippen molar-refractivity contribution in [2.45, 2.75) is 0 Å². The molecule has 1 aromatic carbocycles. The summed E-state index contributed by atoms with van der Waals surface area (Å²) in [5, 5.41) is 0. The molecule has 0 heterocycles. The molecule has 11 heavy (non-hydrogen) atoms. The number of terminal acetylenes is 1. The van der Waals surface area contributed by atoms with E-state index in [0.717, 1.165) is 0 Å². The molecule has 1 rings (SSSR count). The number of carbonyl (C=O) groups excluding carboxylic acids is 1. The summed E-state index contributed by atoms with van der Waals surface area (Å²) in [6, 6.07) is 6.88. The van der Waals surface area contributed by atoms with Gasteiger partial charge < -0.3 is 4.74 Å². The maximum absolute atomic E-state index is 9.95. The van der Waals surface area contributed by atoms with Crippen LogP contribution in [0.1, 0.15) is 5.56 Å². The summed E-state index contributed by atoms with van der Waals surface area (Å²) in [7, 11) is 0. The van der Waals surface area contributed by atoms with E-state index in [1.807, 2.05) is 0 Å². The van der Waals surface area contributed by atoms with Gasteiger partial charge in [0.25, 0.3) is 6.47 Å². The highest BCUT2D eigenvalue weighted by atomic mass is 16.5. The molecule has 0 saturated heterocycles. The molecule has 0 radical (unpaired) electrons. The minimum Gasteiger partial charge on any atom is -0.427 e. The Labute approximate surface area is 64.8 Å². The first-order valence-electron chi connectivity index (χ1n) is 3.04. The van der Waals surface area contributed by atoms with Crippen LogP contribution in [0.3, 0.4) is 0 Å². The Morgan fingerprint density at radius 1 is 1.45 bits per heavy atom. The van der Waals surface area contributed by atoms with Crippen molar-refractivity contribution in [2.24, 2.45) is 0 Å². The fourth-order valence-corrected chi connectivity index (χ4v) is 0.740. The average molecular weight is 146 g/mol. The van der Waals surface area contributed by atoms with Gasteiger partial charge in [0.15, 0.2) is 0 Å². The second-order valence-electron chi connectivity index (χ2n) is 1.85. The quantitative estimate of drug-likeness (QED) is 0.463. The molecule has 0 N–H and O–H groups in total. The van der Waals surface area contributed by atoms with Crippen LogP contribution in [0.15, 0.2) is 24.3 Å². The van der Waals surface area contributed by atoms with E-state index < -0.39 is 0 Å². The molecule has 1 aromatic rings. The number of benzene rings is 1. The molecule has 2 nitrogen and oxygen atoms in total. The normalized spacial score (nSPS) is 8.27. The van der Waals surface area contributed by atoms with Crippen LogP contribution in [0, 0.1) is 12.3 Å². The lowest BCUT2D eigenvalue weighted by Gasteiger charge is -1.98. The molecule has 0 bridgehead atoms. The molecular weight excluding hydrogens is 140 g/mol. The van der Waals surface area contributed by atoms with E-state index in [0.29, 0.717) is 17.8 Å². The van der Waals surface area contributed by atoms with E-state index in [2.05, 4.69) is 10.7 Å². The highest BCUT2D eigenvalue weighted by Crippen LogP contribution is 2.14. The Bertz CT molecular complexity index is 297. The molecule has 0 amide bonds. The zero-order valence-electron chi connectivity index (χ0n) is 5.78. The Morgan fingerprint density at radius 2 is 2.18 bits per heavy atom. The van der Waals surface area contributed by atoms with E-state index in [-0.39, 0.29) is 0 Å². The third-order valence-corrected chi connectivity index (χ3v) is 1.22. The first kappa shape index (κ1) is 7.36. The third kappa shape index (κ3) is 1.59. The van der Waals surface area contributed by atoms with Gasteiger partial charge in [-0.15, -0.1) is 6.42 Å². The highest BCUT2D eigenvalue weighted by Gasteiger charge is 1.96. The van der Waals surface area contributed by atoms with Crippen molar-refractivity contribution in [3.63, 3.8) is 0 Å². The number of rotatable bonds is 2. The molecule has 0 aromatic heterocycles. The molecular formula is C9H6O2. The summed E-state index contributed by atoms with van der Waals surface area (Å²) in [4.78, 5) is 9.95. The van der Waals surface area contributed by atoms with Crippen LogP contribution < -0.4 is 4.74 Å². The van der Waals surface area contributed by atoms with Crippen molar-refractivity contribution in [1.29, 1.82) is 0 Å². The van der Waals surface area contributed by atoms with Crippen LogP contribution in [-0.2, 0) is 4.79 Å². The van der Waals surface area contributed by atoms with E-state index in [9.17, 15) is 4.79 Å². The number of carbonyl (C=O) groups is 1. The summed E-state index contributed by atoms with van der Waals surface area (Å²) in [6.07, 6.45) is 5.13. The Morgan fingerprint density at radius 3 is 2.82 bits per heavy atom. The fourth-order valence-electron chi connectivity index (χ4n) is 0.740. The Balaban J connectivity index is 3.04. The molecule has 0 aliphatic rings. The first-order valence-corrected chi connectivity index (χ1v) is 3.04. The lowest BCUT2D eigenvalue weighted by Crippen LogP contribution is -1.90. The second kappa shape index (κ2) is 3.43. The summed E-state index contributed by atoms with van der Waals surface area (Å²) >= 11 is 0. The van der Waals surface area contributed by atoms with Crippen molar-refractivity contribution in [1.82, 2.24) is 0 Å². The van der Waals surface area contributed by atoms with Crippen molar-refractivity contribution in [3.8, 4) is 18.1 Å². The van der Waals surface area contributed by atoms with E-state index in [1.54, 1.807) is 24.3 Å². The predicted molar refractivity (Wildman–Crippen MR) is 41.1 cm³/mol. The topological polar surface area (TPSA) is 26.3 Å². The van der Waals surface area contributed by atoms with Gasteiger partial charge in [0.05, 0.1) is 5.56 Å². The lowest BCUT2D eigenvalue weighted by atomic mass is 10.2. The highest BCUT2D eigenvalue weighted by molar-refractivity contribution is 5.52. The van der Waals surface area contributed by atoms with Crippen LogP contribution in [-0.4, -0.2) is 6.47 Å². The van der Waals surface area contributed by atoms with Gasteiger partial charge in [-0.1, -0.05) is 18.1 Å². The maximum atomic E-state index is 9.95. The lowest BCUT2D eigenvalue weighted by molar-refractivity contribution is -0.120. The number of ether oxygens (including phenoxy) is 1. The summed E-state index contributed by atoms with van der Waals surface area (Å²) in [5.41, 5.74) is 0.583. The fraction of sp³-hybridized carbons (Fsp3) is 0. The minimum absolute atomic E-state index is 0.357. The van der Waals surface area contributed by atoms with E-state index >= 15 is 0 Å². The van der Waals surface area contributed by atoms with E-state index in [1.165, 1.54) is 0 Å². The maximum Gasteiger partial charge on any atom is 0.298 e. The van der Waals surface area contributed by atoms with Crippen LogP contribution in [0.25, 0.3) is 0 Å². The van der Waals surface area contributed by atoms with Gasteiger partial charge in [-0.2, -0.15) is 0 Å². The molecule has 0 saturated carbocycles. The average Bonchev–Trinajstić information content (AvgIpc) is 2.06. The van der Waals surface area contributed by atoms with Gasteiger partial charge in [-0.25, -0.2) is 0 Å². The molecule has 0 fully saturated rings. The zero-order valence-corrected chi connectivity index (χ0v) is 5.78. The van der Waals surface area contributed by atoms with Crippen molar-refractivity contribution >= 4 is 6.47 Å². The molecule has 0 atom stereocenters. The molecule has 0 aliphatic heterocycles. The van der Waals surface area contributed by atoms with Gasteiger partial charge in [0.2, 0.25) is 0 Å². The van der Waals surface area contributed by atoms with E-state index in [4.69, 9.17) is 6.42 Å². The third-order valence-electron chi connectivity index (χ3n) is 1.22. The summed E-state index contributed by atoms with van der Waals surface area (Å²) in [5.74, 6) is 2.82. The Kier molecular flexibility index (Phi) is 2.29. The molecule has 54 valence electrons. The monoisotopic (exact) mass is 146 g/mol. The number of hydrogen-bond donors (Lipinski definition) is 0. The first-order chi connectivity index (χ1) is 5.38. The van der Waals surface area contributed by atoms with Crippen LogP contribution in [0.4, 0.5) is 0 Å². The van der Waals surface area contributed by atoms with Gasteiger partial charge in [-0.3, -0.25) is 4.79 Å². The molecule has 2 heteroatoms. The van der Waals surface area contributed by atoms with Crippen molar-refractivity contribution in [3.05, 3.63) is 29.8 Å².